The summed E-state index contributed by atoms with van der Waals surface area (Å²) in [5.41, 5.74) is -0.299. The maximum Gasteiger partial charge on any atom is 0.416 e. The van der Waals surface area contributed by atoms with Crippen molar-refractivity contribution in [2.24, 2.45) is 0 Å². The van der Waals surface area contributed by atoms with Gasteiger partial charge in [0.15, 0.2) is 0 Å². The van der Waals surface area contributed by atoms with Crippen LogP contribution in [0.5, 0.6) is 0 Å². The number of alkyl halides is 3. The first-order valence-corrected chi connectivity index (χ1v) is 10.5. The number of carbonyl (C=O) groups is 2. The fraction of sp³-hybridized carbons (Fsp3) is 0.240. The third kappa shape index (κ3) is 6.34. The predicted octanol–water partition coefficient (Wildman–Crippen LogP) is 4.12. The predicted molar refractivity (Wildman–Crippen MR) is 119 cm³/mol. The highest BCUT2D eigenvalue weighted by Crippen LogP contribution is 2.29. The third-order valence-electron chi connectivity index (χ3n) is 5.01. The molecule has 0 unspecified atom stereocenters. The Bertz CT molecular complexity index is 1190. The van der Waals surface area contributed by atoms with E-state index in [1.807, 2.05) is 30.3 Å². The first kappa shape index (κ1) is 24.8. The van der Waals surface area contributed by atoms with Gasteiger partial charge in [0.25, 0.3) is 11.5 Å². The summed E-state index contributed by atoms with van der Waals surface area (Å²) in [4.78, 5) is 39.5. The van der Waals surface area contributed by atoms with Crippen molar-refractivity contribution in [3.63, 3.8) is 0 Å². The number of ether oxygens (including phenoxy) is 1. The quantitative estimate of drug-likeness (QED) is 0.463. The zero-order chi connectivity index (χ0) is 24.7. The minimum Gasteiger partial charge on any atom is -0.465 e. The summed E-state index contributed by atoms with van der Waals surface area (Å²) in [5.74, 6) is -1.41. The van der Waals surface area contributed by atoms with Crippen LogP contribution in [0.25, 0.3) is 0 Å². The average Bonchev–Trinajstić information content (AvgIpc) is 2.80. The molecular formula is C25H23F3N2O4. The highest BCUT2D eigenvalue weighted by Gasteiger charge is 2.30. The number of benzene rings is 2. The Balaban J connectivity index is 1.88. The summed E-state index contributed by atoms with van der Waals surface area (Å²) in [5, 5.41) is 0. The molecular weight excluding hydrogens is 449 g/mol. The minimum absolute atomic E-state index is 0.0936. The monoisotopic (exact) mass is 472 g/mol. The molecule has 0 aliphatic rings. The van der Waals surface area contributed by atoms with Gasteiger partial charge in [0.05, 0.1) is 18.7 Å². The Labute approximate surface area is 194 Å². The maximum atomic E-state index is 13.3. The van der Waals surface area contributed by atoms with E-state index in [4.69, 9.17) is 4.74 Å². The largest absolute Gasteiger partial charge is 0.465 e. The molecule has 178 valence electrons. The molecule has 6 nitrogen and oxygen atoms in total. The van der Waals surface area contributed by atoms with Crippen molar-refractivity contribution in [1.29, 1.82) is 0 Å². The zero-order valence-electron chi connectivity index (χ0n) is 18.4. The molecule has 0 radical (unpaired) electrons. The van der Waals surface area contributed by atoms with Gasteiger partial charge in [-0.05, 0) is 42.3 Å². The van der Waals surface area contributed by atoms with Crippen LogP contribution >= 0.6 is 0 Å². The molecule has 34 heavy (non-hydrogen) atoms. The molecule has 0 saturated heterocycles. The lowest BCUT2D eigenvalue weighted by atomic mass is 10.1. The van der Waals surface area contributed by atoms with E-state index in [9.17, 15) is 27.6 Å². The zero-order valence-corrected chi connectivity index (χ0v) is 18.4. The molecule has 9 heteroatoms. The van der Waals surface area contributed by atoms with Crippen molar-refractivity contribution in [1.82, 2.24) is 9.47 Å². The first-order valence-electron chi connectivity index (χ1n) is 10.5. The van der Waals surface area contributed by atoms with Gasteiger partial charge < -0.3 is 14.2 Å². The van der Waals surface area contributed by atoms with Gasteiger partial charge in [-0.15, -0.1) is 0 Å². The van der Waals surface area contributed by atoms with Gasteiger partial charge in [-0.1, -0.05) is 42.5 Å². The fourth-order valence-electron chi connectivity index (χ4n) is 3.36. The topological polar surface area (TPSA) is 68.6 Å². The van der Waals surface area contributed by atoms with Crippen molar-refractivity contribution >= 4 is 11.9 Å². The van der Waals surface area contributed by atoms with Gasteiger partial charge in [-0.2, -0.15) is 13.2 Å². The van der Waals surface area contributed by atoms with E-state index in [0.29, 0.717) is 5.56 Å². The highest BCUT2D eigenvalue weighted by atomic mass is 19.4. The molecule has 0 atom stereocenters. The van der Waals surface area contributed by atoms with Gasteiger partial charge in [-0.25, -0.2) is 0 Å². The molecule has 3 rings (SSSR count). The molecule has 0 spiro atoms. The van der Waals surface area contributed by atoms with E-state index in [-0.39, 0.29) is 25.3 Å². The lowest BCUT2D eigenvalue weighted by Gasteiger charge is -2.22. The van der Waals surface area contributed by atoms with Crippen LogP contribution in [0.3, 0.4) is 0 Å². The summed E-state index contributed by atoms with van der Waals surface area (Å²) in [6.45, 7) is 1.32. The molecule has 1 heterocycles. The van der Waals surface area contributed by atoms with E-state index in [1.165, 1.54) is 22.8 Å². The second-order valence-corrected chi connectivity index (χ2v) is 7.50. The van der Waals surface area contributed by atoms with Crippen molar-refractivity contribution < 1.29 is 27.5 Å². The smallest absolute Gasteiger partial charge is 0.416 e. The Morgan fingerprint density at radius 3 is 2.24 bits per heavy atom. The van der Waals surface area contributed by atoms with Crippen LogP contribution < -0.4 is 5.56 Å². The third-order valence-corrected chi connectivity index (χ3v) is 5.01. The Kier molecular flexibility index (Phi) is 7.88. The molecule has 2 aromatic carbocycles. The van der Waals surface area contributed by atoms with Crippen molar-refractivity contribution in [2.45, 2.75) is 26.2 Å². The Morgan fingerprint density at radius 1 is 0.941 bits per heavy atom. The van der Waals surface area contributed by atoms with Crippen LogP contribution in [0.1, 0.15) is 34.0 Å². The lowest BCUT2D eigenvalue weighted by molar-refractivity contribution is -0.144. The Hall–Kier alpha value is -3.88. The van der Waals surface area contributed by atoms with Gasteiger partial charge in [0, 0.05) is 12.7 Å². The lowest BCUT2D eigenvalue weighted by Crippen LogP contribution is -2.39. The van der Waals surface area contributed by atoms with E-state index in [0.717, 1.165) is 22.6 Å². The van der Waals surface area contributed by atoms with Crippen molar-refractivity contribution in [3.05, 3.63) is 106 Å². The molecule has 0 aliphatic carbocycles. The number of nitrogens with zero attached hydrogens (tertiary/aromatic N) is 2. The van der Waals surface area contributed by atoms with E-state index >= 15 is 0 Å². The van der Waals surface area contributed by atoms with Gasteiger partial charge in [0.1, 0.15) is 12.1 Å². The van der Waals surface area contributed by atoms with Crippen LogP contribution in [-0.4, -0.2) is 34.5 Å². The van der Waals surface area contributed by atoms with Crippen LogP contribution in [-0.2, 0) is 28.8 Å². The summed E-state index contributed by atoms with van der Waals surface area (Å²) in [6.07, 6.45) is -2.94. The molecule has 0 aliphatic heterocycles. The number of carbonyl (C=O) groups excluding carboxylic acids is 2. The summed E-state index contributed by atoms with van der Waals surface area (Å²) in [7, 11) is 0. The average molecular weight is 472 g/mol. The molecule has 0 N–H and O–H groups in total. The molecule has 0 saturated carbocycles. The molecule has 0 fully saturated rings. The minimum atomic E-state index is -4.49. The molecule has 1 aromatic heterocycles. The first-order chi connectivity index (χ1) is 16.2. The maximum absolute atomic E-state index is 13.3. The van der Waals surface area contributed by atoms with Gasteiger partial charge in [-0.3, -0.25) is 14.4 Å². The fourth-order valence-corrected chi connectivity index (χ4v) is 3.36. The second kappa shape index (κ2) is 10.8. The van der Waals surface area contributed by atoms with Gasteiger partial charge in [0.2, 0.25) is 0 Å². The number of halogens is 3. The van der Waals surface area contributed by atoms with Gasteiger partial charge >= 0.3 is 12.1 Å². The SMILES string of the molecule is CCOC(=O)CN(Cc1ccc(C(F)(F)F)cc1)C(=O)c1cccn(Cc2ccccc2)c1=O. The number of esters is 1. The van der Waals surface area contributed by atoms with Crippen LogP contribution in [0, 0.1) is 0 Å². The molecule has 3 aromatic rings. The molecule has 1 amide bonds. The number of rotatable bonds is 8. The number of pyridine rings is 1. The summed E-state index contributed by atoms with van der Waals surface area (Å²) < 4.78 is 44.9. The highest BCUT2D eigenvalue weighted by molar-refractivity contribution is 5.95. The van der Waals surface area contributed by atoms with E-state index < -0.39 is 35.7 Å². The Morgan fingerprint density at radius 2 is 1.62 bits per heavy atom. The van der Waals surface area contributed by atoms with Crippen LogP contribution in [0.4, 0.5) is 13.2 Å². The van der Waals surface area contributed by atoms with Crippen LogP contribution in [0.2, 0.25) is 0 Å². The number of aromatic nitrogens is 1. The van der Waals surface area contributed by atoms with E-state index in [2.05, 4.69) is 0 Å². The van der Waals surface area contributed by atoms with Crippen molar-refractivity contribution in [2.75, 3.05) is 13.2 Å². The summed E-state index contributed by atoms with van der Waals surface area (Å²) in [6, 6.07) is 16.4. The van der Waals surface area contributed by atoms with Crippen LogP contribution in [0.15, 0.2) is 77.7 Å². The van der Waals surface area contributed by atoms with Crippen molar-refractivity contribution in [3.8, 4) is 0 Å². The standard InChI is InChI=1S/C25H23F3N2O4/c1-2-34-22(31)17-30(16-19-10-12-20(13-11-19)25(26,27)28)24(33)21-9-6-14-29(23(21)32)15-18-7-4-3-5-8-18/h3-14H,2,15-17H2,1H3. The number of hydrogen-bond acceptors (Lipinski definition) is 4. The number of hydrogen-bond donors (Lipinski definition) is 0. The summed E-state index contributed by atoms with van der Waals surface area (Å²) >= 11 is 0. The van der Waals surface area contributed by atoms with E-state index in [1.54, 1.807) is 19.2 Å². The molecule has 0 bridgehead atoms. The second-order valence-electron chi connectivity index (χ2n) is 7.50. The number of amides is 1. The normalized spacial score (nSPS) is 11.2.